The Bertz CT molecular complexity index is 729. The molecule has 7 heteroatoms. The van der Waals surface area contributed by atoms with Crippen LogP contribution in [0.3, 0.4) is 0 Å². The number of ether oxygens (including phenoxy) is 1. The lowest BCUT2D eigenvalue weighted by Gasteiger charge is -2.07. The minimum atomic E-state index is 0.0914. The van der Waals surface area contributed by atoms with E-state index in [0.29, 0.717) is 28.7 Å². The number of benzene rings is 1. The van der Waals surface area contributed by atoms with E-state index >= 15 is 0 Å². The number of rotatable bonds is 3. The summed E-state index contributed by atoms with van der Waals surface area (Å²) in [6.45, 7) is 0.293. The fourth-order valence-electron chi connectivity index (χ4n) is 1.65. The molecule has 0 unspecified atom stereocenters. The maximum atomic E-state index is 6.06. The number of hydrogen-bond acceptors (Lipinski definition) is 4. The van der Waals surface area contributed by atoms with E-state index in [-0.39, 0.29) is 5.28 Å². The van der Waals surface area contributed by atoms with Gasteiger partial charge < -0.3 is 9.72 Å². The molecule has 0 spiro atoms. The molecule has 0 saturated carbocycles. The monoisotopic (exact) mass is 294 g/mol. The molecule has 0 saturated heterocycles. The van der Waals surface area contributed by atoms with Crippen LogP contribution in [0.15, 0.2) is 30.6 Å². The lowest BCUT2D eigenvalue weighted by Crippen LogP contribution is -2.00. The van der Waals surface area contributed by atoms with Crippen molar-refractivity contribution in [3.63, 3.8) is 0 Å². The number of aromatic nitrogens is 4. The van der Waals surface area contributed by atoms with E-state index < -0.39 is 0 Å². The molecule has 3 rings (SSSR count). The molecule has 3 aromatic rings. The first-order valence-electron chi connectivity index (χ1n) is 5.47. The summed E-state index contributed by atoms with van der Waals surface area (Å²) >= 11 is 11.9. The van der Waals surface area contributed by atoms with Crippen LogP contribution in [0.1, 0.15) is 5.56 Å². The Morgan fingerprint density at radius 2 is 2.00 bits per heavy atom. The number of H-pyrrole nitrogens is 1. The topological polar surface area (TPSA) is 63.7 Å². The van der Waals surface area contributed by atoms with Gasteiger partial charge >= 0.3 is 0 Å². The first kappa shape index (κ1) is 12.2. The molecular weight excluding hydrogens is 287 g/mol. The highest BCUT2D eigenvalue weighted by Crippen LogP contribution is 2.23. The standard InChI is InChI=1S/C12H8Cl2N4O/c13-8-4-2-1-3-7(8)5-19-11-9-10(16-6-15-9)17-12(14)18-11/h1-4,6H,5H2,(H,15,16,17,18). The van der Waals surface area contributed by atoms with Crippen molar-refractivity contribution in [2.75, 3.05) is 0 Å². The van der Waals surface area contributed by atoms with Gasteiger partial charge in [-0.25, -0.2) is 4.98 Å². The molecular formula is C12H8Cl2N4O. The predicted molar refractivity (Wildman–Crippen MR) is 72.5 cm³/mol. The molecule has 19 heavy (non-hydrogen) atoms. The third-order valence-corrected chi connectivity index (χ3v) is 3.09. The van der Waals surface area contributed by atoms with Crippen LogP contribution in [0.4, 0.5) is 0 Å². The van der Waals surface area contributed by atoms with Gasteiger partial charge in [-0.2, -0.15) is 9.97 Å². The molecule has 5 nitrogen and oxygen atoms in total. The van der Waals surface area contributed by atoms with Gasteiger partial charge in [0.05, 0.1) is 6.33 Å². The average Bonchev–Trinajstić information content (AvgIpc) is 2.85. The second-order valence-electron chi connectivity index (χ2n) is 3.78. The molecule has 0 amide bonds. The Hall–Kier alpha value is -1.85. The third kappa shape index (κ3) is 2.47. The number of hydrogen-bond donors (Lipinski definition) is 1. The first-order chi connectivity index (χ1) is 9.24. The molecule has 2 heterocycles. The summed E-state index contributed by atoms with van der Waals surface area (Å²) in [5.74, 6) is 0.354. The molecule has 0 aliphatic rings. The zero-order chi connectivity index (χ0) is 13.2. The quantitative estimate of drug-likeness (QED) is 0.753. The Balaban J connectivity index is 1.90. The van der Waals surface area contributed by atoms with E-state index in [1.165, 1.54) is 6.33 Å². The molecule has 0 atom stereocenters. The van der Waals surface area contributed by atoms with Gasteiger partial charge in [-0.15, -0.1) is 0 Å². The van der Waals surface area contributed by atoms with Crippen LogP contribution in [-0.2, 0) is 6.61 Å². The van der Waals surface area contributed by atoms with E-state index in [0.717, 1.165) is 5.56 Å². The number of fused-ring (bicyclic) bond motifs is 1. The summed E-state index contributed by atoms with van der Waals surface area (Å²) in [7, 11) is 0. The van der Waals surface area contributed by atoms with Gasteiger partial charge in [0.25, 0.3) is 0 Å². The fourth-order valence-corrected chi connectivity index (χ4v) is 1.99. The number of halogens is 2. The van der Waals surface area contributed by atoms with Crippen molar-refractivity contribution < 1.29 is 4.74 Å². The third-order valence-electron chi connectivity index (χ3n) is 2.55. The highest BCUT2D eigenvalue weighted by atomic mass is 35.5. The van der Waals surface area contributed by atoms with Gasteiger partial charge in [0.2, 0.25) is 11.2 Å². The number of nitrogens with one attached hydrogen (secondary N) is 1. The Morgan fingerprint density at radius 1 is 1.16 bits per heavy atom. The molecule has 0 bridgehead atoms. The molecule has 96 valence electrons. The van der Waals surface area contributed by atoms with Crippen LogP contribution in [0, 0.1) is 0 Å². The summed E-state index contributed by atoms with van der Waals surface area (Å²) < 4.78 is 5.63. The van der Waals surface area contributed by atoms with Crippen LogP contribution in [0.25, 0.3) is 11.2 Å². The molecule has 1 aromatic carbocycles. The van der Waals surface area contributed by atoms with E-state index in [9.17, 15) is 0 Å². The smallest absolute Gasteiger partial charge is 0.244 e. The van der Waals surface area contributed by atoms with Gasteiger partial charge in [-0.05, 0) is 17.7 Å². The summed E-state index contributed by atoms with van der Waals surface area (Å²) in [5, 5.41) is 0.734. The van der Waals surface area contributed by atoms with E-state index in [1.807, 2.05) is 18.2 Å². The minimum absolute atomic E-state index is 0.0914. The van der Waals surface area contributed by atoms with Gasteiger partial charge in [-0.1, -0.05) is 29.8 Å². The van der Waals surface area contributed by atoms with E-state index in [2.05, 4.69) is 19.9 Å². The van der Waals surface area contributed by atoms with Crippen LogP contribution >= 0.6 is 23.2 Å². The largest absolute Gasteiger partial charge is 0.471 e. The van der Waals surface area contributed by atoms with Gasteiger partial charge in [0.1, 0.15) is 12.1 Å². The zero-order valence-corrected chi connectivity index (χ0v) is 11.1. The van der Waals surface area contributed by atoms with Crippen molar-refractivity contribution in [1.82, 2.24) is 19.9 Å². The second-order valence-corrected chi connectivity index (χ2v) is 4.52. The molecule has 0 radical (unpaired) electrons. The fraction of sp³-hybridized carbons (Fsp3) is 0.0833. The van der Waals surface area contributed by atoms with Gasteiger partial charge in [0.15, 0.2) is 5.65 Å². The highest BCUT2D eigenvalue weighted by Gasteiger charge is 2.10. The Kier molecular flexibility index (Phi) is 3.23. The predicted octanol–water partition coefficient (Wildman–Crippen LogP) is 3.24. The summed E-state index contributed by atoms with van der Waals surface area (Å²) in [5.41, 5.74) is 1.94. The number of nitrogens with zero attached hydrogens (tertiary/aromatic N) is 3. The Labute approximate surface area is 118 Å². The highest BCUT2D eigenvalue weighted by molar-refractivity contribution is 6.31. The normalized spacial score (nSPS) is 10.8. The van der Waals surface area contributed by atoms with Crippen LogP contribution < -0.4 is 4.74 Å². The molecule has 0 fully saturated rings. The van der Waals surface area contributed by atoms with Crippen molar-refractivity contribution in [1.29, 1.82) is 0 Å². The molecule has 0 aliphatic carbocycles. The van der Waals surface area contributed by atoms with Crippen molar-refractivity contribution in [2.45, 2.75) is 6.61 Å². The SMILES string of the molecule is Clc1nc(OCc2ccccc2Cl)c2[nH]cnc2n1. The summed E-state index contributed by atoms with van der Waals surface area (Å²) in [6, 6.07) is 7.44. The summed E-state index contributed by atoms with van der Waals surface area (Å²) in [6.07, 6.45) is 1.51. The average molecular weight is 295 g/mol. The molecule has 2 aromatic heterocycles. The zero-order valence-electron chi connectivity index (χ0n) is 9.60. The lowest BCUT2D eigenvalue weighted by atomic mass is 10.2. The first-order valence-corrected chi connectivity index (χ1v) is 6.22. The second kappa shape index (κ2) is 5.03. The maximum Gasteiger partial charge on any atom is 0.244 e. The van der Waals surface area contributed by atoms with Gasteiger partial charge in [-0.3, -0.25) is 0 Å². The van der Waals surface area contributed by atoms with Crippen molar-refractivity contribution in [2.24, 2.45) is 0 Å². The van der Waals surface area contributed by atoms with Crippen molar-refractivity contribution in [3.8, 4) is 5.88 Å². The van der Waals surface area contributed by atoms with Crippen molar-refractivity contribution >= 4 is 34.4 Å². The van der Waals surface area contributed by atoms with Crippen LogP contribution in [0.2, 0.25) is 10.3 Å². The van der Waals surface area contributed by atoms with Crippen LogP contribution in [-0.4, -0.2) is 19.9 Å². The van der Waals surface area contributed by atoms with E-state index in [4.69, 9.17) is 27.9 Å². The van der Waals surface area contributed by atoms with Gasteiger partial charge in [0, 0.05) is 10.6 Å². The van der Waals surface area contributed by atoms with E-state index in [1.54, 1.807) is 6.07 Å². The lowest BCUT2D eigenvalue weighted by molar-refractivity contribution is 0.297. The minimum Gasteiger partial charge on any atom is -0.471 e. The Morgan fingerprint density at radius 3 is 2.84 bits per heavy atom. The molecule has 1 N–H and O–H groups in total. The van der Waals surface area contributed by atoms with Crippen LogP contribution in [0.5, 0.6) is 5.88 Å². The molecule has 0 aliphatic heterocycles. The number of imidazole rings is 1. The maximum absolute atomic E-state index is 6.06. The summed E-state index contributed by atoms with van der Waals surface area (Å²) in [4.78, 5) is 14.9. The number of aromatic amines is 1. The van der Waals surface area contributed by atoms with Crippen molar-refractivity contribution in [3.05, 3.63) is 46.5 Å².